The molecule has 0 aliphatic rings. The lowest BCUT2D eigenvalue weighted by molar-refractivity contribution is 1.45. The molecule has 12 heavy (non-hydrogen) atoms. The molecule has 0 saturated carbocycles. The smallest absolute Gasteiger partial charge is 0.0270 e. The van der Waals surface area contributed by atoms with Crippen molar-refractivity contribution in [1.29, 1.82) is 0 Å². The van der Waals surface area contributed by atoms with E-state index < -0.39 is 0 Å². The summed E-state index contributed by atoms with van der Waals surface area (Å²) in [7, 11) is 0. The second-order valence-electron chi connectivity index (χ2n) is 2.66. The summed E-state index contributed by atoms with van der Waals surface area (Å²) < 4.78 is 0. The van der Waals surface area contributed by atoms with E-state index in [1.165, 1.54) is 5.56 Å². The van der Waals surface area contributed by atoms with Gasteiger partial charge in [0.25, 0.3) is 0 Å². The highest BCUT2D eigenvalue weighted by molar-refractivity contribution is 5.35. The van der Waals surface area contributed by atoms with E-state index >= 15 is 0 Å². The second kappa shape index (κ2) is 4.41. The van der Waals surface area contributed by atoms with Gasteiger partial charge in [0.15, 0.2) is 0 Å². The molecule has 0 aliphatic carbocycles. The summed E-state index contributed by atoms with van der Waals surface area (Å²) in [5.74, 6) is 6.05. The van der Waals surface area contributed by atoms with Gasteiger partial charge in [-0.05, 0) is 19.1 Å². The molecule has 0 radical (unpaired) electrons. The second-order valence-corrected chi connectivity index (χ2v) is 2.66. The van der Waals surface area contributed by atoms with Crippen LogP contribution >= 0.6 is 0 Å². The quantitative estimate of drug-likeness (QED) is 0.433. The van der Waals surface area contributed by atoms with Crippen LogP contribution in [0.5, 0.6) is 0 Å². The van der Waals surface area contributed by atoms with Crippen LogP contribution in [0.25, 0.3) is 0 Å². The SMILES string of the molecule is C=CCC#Cc1ccc(C)cc1. The van der Waals surface area contributed by atoms with Crippen LogP contribution in [0.1, 0.15) is 17.5 Å². The van der Waals surface area contributed by atoms with Gasteiger partial charge in [0.2, 0.25) is 0 Å². The largest absolute Gasteiger partial charge is 0.102 e. The molecule has 0 aliphatic heterocycles. The van der Waals surface area contributed by atoms with E-state index in [0.29, 0.717) is 0 Å². The standard InChI is InChI=1S/C12H12/c1-3-4-5-6-12-9-7-11(2)8-10-12/h3,7-10H,1,4H2,2H3. The van der Waals surface area contributed by atoms with Gasteiger partial charge < -0.3 is 0 Å². The monoisotopic (exact) mass is 156 g/mol. The molecule has 0 spiro atoms. The number of hydrogen-bond donors (Lipinski definition) is 0. The van der Waals surface area contributed by atoms with Crippen molar-refractivity contribution in [2.45, 2.75) is 13.3 Å². The van der Waals surface area contributed by atoms with Crippen LogP contribution in [0.3, 0.4) is 0 Å². The van der Waals surface area contributed by atoms with Crippen LogP contribution in [0.2, 0.25) is 0 Å². The van der Waals surface area contributed by atoms with Gasteiger partial charge in [0.1, 0.15) is 0 Å². The van der Waals surface area contributed by atoms with E-state index in [-0.39, 0.29) is 0 Å². The zero-order valence-corrected chi connectivity index (χ0v) is 7.30. The molecular formula is C12H12. The number of aryl methyl sites for hydroxylation is 1. The molecule has 0 bridgehead atoms. The van der Waals surface area contributed by atoms with Crippen LogP contribution in [0, 0.1) is 18.8 Å². The molecule has 0 amide bonds. The van der Waals surface area contributed by atoms with E-state index in [9.17, 15) is 0 Å². The Kier molecular flexibility index (Phi) is 3.17. The summed E-state index contributed by atoms with van der Waals surface area (Å²) >= 11 is 0. The molecule has 0 unspecified atom stereocenters. The Morgan fingerprint density at radius 2 is 2.00 bits per heavy atom. The number of benzene rings is 1. The zero-order chi connectivity index (χ0) is 8.81. The molecule has 0 heteroatoms. The Bertz CT molecular complexity index is 306. The Morgan fingerprint density at radius 3 is 2.58 bits per heavy atom. The fourth-order valence-corrected chi connectivity index (χ4v) is 0.862. The minimum atomic E-state index is 0.758. The molecular weight excluding hydrogens is 144 g/mol. The average Bonchev–Trinajstić information content (AvgIpc) is 2.09. The first kappa shape index (κ1) is 8.62. The summed E-state index contributed by atoms with van der Waals surface area (Å²) in [4.78, 5) is 0. The predicted molar refractivity (Wildman–Crippen MR) is 52.9 cm³/mol. The zero-order valence-electron chi connectivity index (χ0n) is 7.30. The van der Waals surface area contributed by atoms with E-state index in [0.717, 1.165) is 12.0 Å². The normalized spacial score (nSPS) is 8.42. The first-order valence-corrected chi connectivity index (χ1v) is 3.99. The van der Waals surface area contributed by atoms with Crippen molar-refractivity contribution in [1.82, 2.24) is 0 Å². The van der Waals surface area contributed by atoms with Gasteiger partial charge in [0.05, 0.1) is 0 Å². The lowest BCUT2D eigenvalue weighted by Gasteiger charge is -1.90. The lowest BCUT2D eigenvalue weighted by Crippen LogP contribution is -1.74. The van der Waals surface area contributed by atoms with E-state index in [1.807, 2.05) is 12.1 Å². The summed E-state index contributed by atoms with van der Waals surface area (Å²) in [5.41, 5.74) is 2.34. The summed E-state index contributed by atoms with van der Waals surface area (Å²) in [5, 5.41) is 0. The Balaban J connectivity index is 2.72. The Morgan fingerprint density at radius 1 is 1.33 bits per heavy atom. The molecule has 1 aromatic carbocycles. The lowest BCUT2D eigenvalue weighted by atomic mass is 10.1. The van der Waals surface area contributed by atoms with Gasteiger partial charge in [-0.25, -0.2) is 0 Å². The molecule has 0 atom stereocenters. The third-order valence-corrected chi connectivity index (χ3v) is 1.53. The van der Waals surface area contributed by atoms with Crippen LogP contribution in [-0.2, 0) is 0 Å². The van der Waals surface area contributed by atoms with Crippen molar-refractivity contribution in [3.05, 3.63) is 48.0 Å². The molecule has 0 nitrogen and oxygen atoms in total. The van der Waals surface area contributed by atoms with Crippen molar-refractivity contribution in [2.75, 3.05) is 0 Å². The molecule has 1 rings (SSSR count). The van der Waals surface area contributed by atoms with Gasteiger partial charge in [0, 0.05) is 12.0 Å². The minimum absolute atomic E-state index is 0.758. The number of rotatable bonds is 1. The molecule has 0 saturated heterocycles. The third-order valence-electron chi connectivity index (χ3n) is 1.53. The highest BCUT2D eigenvalue weighted by atomic mass is 13.9. The summed E-state index contributed by atoms with van der Waals surface area (Å²) in [6.07, 6.45) is 2.56. The summed E-state index contributed by atoms with van der Waals surface area (Å²) in [6, 6.07) is 8.20. The highest BCUT2D eigenvalue weighted by Gasteiger charge is 1.84. The maximum absolute atomic E-state index is 3.60. The Labute approximate surface area is 73.9 Å². The van der Waals surface area contributed by atoms with Crippen LogP contribution in [-0.4, -0.2) is 0 Å². The highest BCUT2D eigenvalue weighted by Crippen LogP contribution is 2.00. The molecule has 0 aromatic heterocycles. The van der Waals surface area contributed by atoms with Crippen molar-refractivity contribution in [2.24, 2.45) is 0 Å². The van der Waals surface area contributed by atoms with Gasteiger partial charge in [-0.2, -0.15) is 0 Å². The maximum atomic E-state index is 3.60. The van der Waals surface area contributed by atoms with Crippen LogP contribution in [0.15, 0.2) is 36.9 Å². The number of hydrogen-bond acceptors (Lipinski definition) is 0. The van der Waals surface area contributed by atoms with E-state index in [2.05, 4.69) is 37.5 Å². The number of allylic oxidation sites excluding steroid dienone is 1. The topological polar surface area (TPSA) is 0 Å². The van der Waals surface area contributed by atoms with E-state index in [1.54, 1.807) is 6.08 Å². The molecule has 0 heterocycles. The molecule has 1 aromatic rings. The maximum Gasteiger partial charge on any atom is 0.0270 e. The first-order chi connectivity index (χ1) is 5.83. The van der Waals surface area contributed by atoms with Crippen molar-refractivity contribution in [3.63, 3.8) is 0 Å². The average molecular weight is 156 g/mol. The molecule has 0 N–H and O–H groups in total. The van der Waals surface area contributed by atoms with Gasteiger partial charge in [-0.3, -0.25) is 0 Å². The van der Waals surface area contributed by atoms with E-state index in [4.69, 9.17) is 0 Å². The van der Waals surface area contributed by atoms with Crippen LogP contribution < -0.4 is 0 Å². The summed E-state index contributed by atoms with van der Waals surface area (Å²) in [6.45, 7) is 5.67. The minimum Gasteiger partial charge on any atom is -0.102 e. The van der Waals surface area contributed by atoms with Crippen LogP contribution in [0.4, 0.5) is 0 Å². The van der Waals surface area contributed by atoms with Gasteiger partial charge >= 0.3 is 0 Å². The molecule has 60 valence electrons. The molecule has 0 fully saturated rings. The first-order valence-electron chi connectivity index (χ1n) is 3.99. The fraction of sp³-hybridized carbons (Fsp3) is 0.167. The van der Waals surface area contributed by atoms with Crippen molar-refractivity contribution >= 4 is 0 Å². The van der Waals surface area contributed by atoms with Crippen molar-refractivity contribution < 1.29 is 0 Å². The fourth-order valence-electron chi connectivity index (χ4n) is 0.862. The predicted octanol–water partition coefficient (Wildman–Crippen LogP) is 2.92. The van der Waals surface area contributed by atoms with Crippen molar-refractivity contribution in [3.8, 4) is 11.8 Å². The van der Waals surface area contributed by atoms with Gasteiger partial charge in [-0.1, -0.05) is 35.6 Å². The third kappa shape index (κ3) is 2.64. The Hall–Kier alpha value is -1.48. The van der Waals surface area contributed by atoms with Gasteiger partial charge in [-0.15, -0.1) is 6.58 Å².